The van der Waals surface area contributed by atoms with Crippen LogP contribution in [0, 0.1) is 0 Å². The van der Waals surface area contributed by atoms with Crippen LogP contribution in [0.1, 0.15) is 53.6 Å². The zero-order valence-corrected chi connectivity index (χ0v) is 21.7. The third-order valence-electron chi connectivity index (χ3n) is 7.43. The van der Waals surface area contributed by atoms with Crippen molar-refractivity contribution >= 4 is 16.9 Å². The molecule has 0 amide bonds. The van der Waals surface area contributed by atoms with Gasteiger partial charge in [-0.15, -0.1) is 0 Å². The fourth-order valence-electron chi connectivity index (χ4n) is 5.50. The topological polar surface area (TPSA) is 71.0 Å². The third-order valence-corrected chi connectivity index (χ3v) is 7.43. The number of nitrogens with one attached hydrogen (secondary N) is 1. The largest absolute Gasteiger partial charge is 0.416 e. The number of nitrogens with zero attached hydrogens (tertiary/aromatic N) is 3. The van der Waals surface area contributed by atoms with E-state index in [2.05, 4.69) is 9.97 Å². The van der Waals surface area contributed by atoms with Crippen molar-refractivity contribution in [2.24, 2.45) is 0 Å². The first-order valence-corrected chi connectivity index (χ1v) is 13.1. The highest BCUT2D eigenvalue weighted by molar-refractivity contribution is 5.85. The van der Waals surface area contributed by atoms with Crippen molar-refractivity contribution in [2.45, 2.75) is 50.1 Å². The van der Waals surface area contributed by atoms with E-state index in [4.69, 9.17) is 0 Å². The lowest BCUT2D eigenvalue weighted by Crippen LogP contribution is -2.42. The van der Waals surface area contributed by atoms with E-state index in [9.17, 15) is 35.9 Å². The maximum Gasteiger partial charge on any atom is 0.416 e. The third kappa shape index (κ3) is 6.22. The van der Waals surface area contributed by atoms with E-state index in [-0.39, 0.29) is 42.0 Å². The molecule has 41 heavy (non-hydrogen) atoms. The number of likely N-dealkylation sites (tertiary alicyclic amines) is 1. The van der Waals surface area contributed by atoms with Crippen LogP contribution in [0.15, 0.2) is 71.7 Å². The predicted octanol–water partition coefficient (Wildman–Crippen LogP) is 6.34. The van der Waals surface area contributed by atoms with Gasteiger partial charge >= 0.3 is 18.0 Å². The summed E-state index contributed by atoms with van der Waals surface area (Å²) in [5.41, 5.74) is -1.44. The number of hydrogen-bond acceptors (Lipinski definition) is 4. The van der Waals surface area contributed by atoms with Gasteiger partial charge in [0.05, 0.1) is 22.7 Å². The number of aromatic amines is 1. The Kier molecular flexibility index (Phi) is 7.78. The highest BCUT2D eigenvalue weighted by atomic mass is 19.4. The number of Topliss-reactive ketones (excluding diaryl/α,β-unsaturated/α-hetero) is 1. The van der Waals surface area contributed by atoms with Crippen molar-refractivity contribution in [1.29, 1.82) is 0 Å². The summed E-state index contributed by atoms with van der Waals surface area (Å²) < 4.78 is 81.4. The van der Waals surface area contributed by atoms with Gasteiger partial charge in [0.1, 0.15) is 0 Å². The molecule has 1 N–H and O–H groups in total. The number of benzene rings is 2. The molecule has 6 nitrogen and oxygen atoms in total. The molecule has 216 valence electrons. The minimum Gasteiger partial charge on any atom is -0.304 e. The van der Waals surface area contributed by atoms with Crippen molar-refractivity contribution < 1.29 is 31.1 Å². The van der Waals surface area contributed by atoms with Crippen LogP contribution in [0.4, 0.5) is 26.3 Å². The molecule has 2 aromatic carbocycles. The number of H-pyrrole nitrogens is 1. The van der Waals surface area contributed by atoms with Crippen LogP contribution in [-0.2, 0) is 23.6 Å². The van der Waals surface area contributed by atoms with Gasteiger partial charge in [-0.3, -0.25) is 14.3 Å². The number of alkyl halides is 6. The summed E-state index contributed by atoms with van der Waals surface area (Å²) in [4.78, 5) is 35.3. The van der Waals surface area contributed by atoms with E-state index in [0.717, 1.165) is 0 Å². The molecule has 3 heterocycles. The number of halogens is 6. The number of fused-ring (bicyclic) bond motifs is 1. The summed E-state index contributed by atoms with van der Waals surface area (Å²) in [6.45, 7) is 0.896. The summed E-state index contributed by atoms with van der Waals surface area (Å²) in [5, 5.41) is 0. The van der Waals surface area contributed by atoms with Crippen molar-refractivity contribution in [1.82, 2.24) is 19.4 Å². The zero-order valence-electron chi connectivity index (χ0n) is 21.7. The monoisotopic (exact) mass is 576 g/mol. The lowest BCUT2D eigenvalue weighted by Gasteiger charge is -2.37. The highest BCUT2D eigenvalue weighted by Crippen LogP contribution is 2.37. The Morgan fingerprint density at radius 2 is 1.56 bits per heavy atom. The number of hydrogen-bond donors (Lipinski definition) is 1. The van der Waals surface area contributed by atoms with E-state index >= 15 is 0 Å². The number of ketones is 1. The first kappa shape index (κ1) is 28.6. The SMILES string of the molecule is O=C(CCc1cc(C(F)(F)F)cc(C(F)(F)F)c1)C(c1ccccc1)N1CCC(n2c(=O)[nH]c3cccnc32)CC1. The zero-order chi connectivity index (χ0) is 29.4. The van der Waals surface area contributed by atoms with Gasteiger partial charge in [-0.1, -0.05) is 30.3 Å². The summed E-state index contributed by atoms with van der Waals surface area (Å²) in [6, 6.07) is 12.9. The molecule has 1 unspecified atom stereocenters. The van der Waals surface area contributed by atoms with E-state index in [1.165, 1.54) is 0 Å². The van der Waals surface area contributed by atoms with Crippen LogP contribution in [-0.4, -0.2) is 38.3 Å². The maximum absolute atomic E-state index is 13.6. The van der Waals surface area contributed by atoms with Crippen LogP contribution in [0.25, 0.3) is 11.2 Å². The second kappa shape index (κ2) is 11.2. The Hall–Kier alpha value is -3.93. The molecule has 0 radical (unpaired) electrons. The van der Waals surface area contributed by atoms with Crippen molar-refractivity contribution in [3.05, 3.63) is 99.6 Å². The van der Waals surface area contributed by atoms with Gasteiger partial charge in [0.25, 0.3) is 0 Å². The van der Waals surface area contributed by atoms with Crippen LogP contribution >= 0.6 is 0 Å². The minimum absolute atomic E-state index is 0.0802. The summed E-state index contributed by atoms with van der Waals surface area (Å²) in [6.07, 6.45) is -7.75. The number of carbonyl (C=O) groups excluding carboxylic acids is 1. The van der Waals surface area contributed by atoms with Crippen LogP contribution in [0.5, 0.6) is 0 Å². The molecule has 1 aliphatic rings. The average molecular weight is 577 g/mol. The molecule has 0 aliphatic carbocycles. The van der Waals surface area contributed by atoms with Gasteiger partial charge in [-0.2, -0.15) is 26.3 Å². The van der Waals surface area contributed by atoms with Gasteiger partial charge in [0.15, 0.2) is 11.4 Å². The van der Waals surface area contributed by atoms with E-state index in [0.29, 0.717) is 54.8 Å². The molecule has 12 heteroatoms. The second-order valence-electron chi connectivity index (χ2n) is 10.1. The Bertz CT molecular complexity index is 1550. The normalized spacial score (nSPS) is 16.2. The number of piperidine rings is 1. The van der Waals surface area contributed by atoms with Crippen molar-refractivity contribution in [2.75, 3.05) is 13.1 Å². The predicted molar refractivity (Wildman–Crippen MR) is 139 cm³/mol. The first-order valence-electron chi connectivity index (χ1n) is 13.1. The van der Waals surface area contributed by atoms with Gasteiger partial charge in [-0.05, 0) is 60.7 Å². The smallest absolute Gasteiger partial charge is 0.304 e. The number of rotatable bonds is 7. The van der Waals surface area contributed by atoms with Gasteiger partial charge in [0, 0.05) is 31.7 Å². The minimum atomic E-state index is -4.96. The summed E-state index contributed by atoms with van der Waals surface area (Å²) >= 11 is 0. The van der Waals surface area contributed by atoms with E-state index < -0.39 is 29.5 Å². The molecule has 2 aromatic heterocycles. The second-order valence-corrected chi connectivity index (χ2v) is 10.1. The highest BCUT2D eigenvalue weighted by Gasteiger charge is 2.37. The summed E-state index contributed by atoms with van der Waals surface area (Å²) in [5.74, 6) is -0.313. The number of aromatic nitrogens is 3. The fourth-order valence-corrected chi connectivity index (χ4v) is 5.50. The fraction of sp³-hybridized carbons (Fsp3) is 0.345. The molecule has 0 spiro atoms. The molecule has 1 saturated heterocycles. The summed E-state index contributed by atoms with van der Waals surface area (Å²) in [7, 11) is 0. The molecule has 1 aliphatic heterocycles. The molecule has 1 atom stereocenters. The lowest BCUT2D eigenvalue weighted by atomic mass is 9.93. The first-order chi connectivity index (χ1) is 19.4. The number of pyridine rings is 1. The molecule has 0 bridgehead atoms. The number of carbonyl (C=O) groups is 1. The van der Waals surface area contributed by atoms with Crippen molar-refractivity contribution in [3.63, 3.8) is 0 Å². The Balaban J connectivity index is 1.35. The molecular formula is C29H26F6N4O2. The number of imidazole rings is 1. The lowest BCUT2D eigenvalue weighted by molar-refractivity contribution is -0.143. The Morgan fingerprint density at radius 3 is 2.17 bits per heavy atom. The average Bonchev–Trinajstić information content (AvgIpc) is 3.27. The Morgan fingerprint density at radius 1 is 0.927 bits per heavy atom. The van der Waals surface area contributed by atoms with E-state index in [1.807, 2.05) is 4.90 Å². The standard InChI is InChI=1S/C29H26F6N4O2/c30-28(31,32)20-15-18(16-21(17-20)29(33,34)35)8-9-24(40)25(19-5-2-1-3-6-19)38-13-10-22(11-14-38)39-26-23(37-27(39)41)7-4-12-36-26/h1-7,12,15-17,22,25H,8-11,13-14H2,(H,37,41). The Labute approximate surface area is 230 Å². The molecule has 0 saturated carbocycles. The van der Waals surface area contributed by atoms with E-state index in [1.54, 1.807) is 53.2 Å². The molecular weight excluding hydrogens is 550 g/mol. The molecule has 4 aromatic rings. The van der Waals surface area contributed by atoms with Crippen LogP contribution in [0.2, 0.25) is 0 Å². The quantitative estimate of drug-likeness (QED) is 0.261. The van der Waals surface area contributed by atoms with Gasteiger partial charge in [-0.25, -0.2) is 9.78 Å². The van der Waals surface area contributed by atoms with Gasteiger partial charge in [0.2, 0.25) is 0 Å². The van der Waals surface area contributed by atoms with Crippen LogP contribution < -0.4 is 5.69 Å². The maximum atomic E-state index is 13.6. The molecule has 1 fully saturated rings. The van der Waals surface area contributed by atoms with Crippen molar-refractivity contribution in [3.8, 4) is 0 Å². The van der Waals surface area contributed by atoms with Crippen LogP contribution in [0.3, 0.4) is 0 Å². The number of aryl methyl sites for hydroxylation is 1. The van der Waals surface area contributed by atoms with Gasteiger partial charge < -0.3 is 4.98 Å². The molecule has 5 rings (SSSR count).